The number of carbonyl (C=O) groups excluding carboxylic acids is 1. The summed E-state index contributed by atoms with van der Waals surface area (Å²) in [7, 11) is 0. The standard InChI is InChI=1S/C25H26N2O3S/c1-2-29-22-16-8-6-14-20(22)24(28)27-25(31)26-21-15-7-9-17-23(21)30-18-10-13-19-11-4-3-5-12-19/h3-9,11-12,14-17H,2,10,13,18H2,1H3,(H2,26,27,28,31). The molecule has 0 bridgehead atoms. The lowest BCUT2D eigenvalue weighted by Crippen LogP contribution is -2.34. The Morgan fingerprint density at radius 3 is 2.32 bits per heavy atom. The molecule has 0 aliphatic heterocycles. The molecule has 0 spiro atoms. The summed E-state index contributed by atoms with van der Waals surface area (Å²) in [5.41, 5.74) is 2.42. The first-order chi connectivity index (χ1) is 15.2. The van der Waals surface area contributed by atoms with E-state index in [4.69, 9.17) is 21.7 Å². The van der Waals surface area contributed by atoms with E-state index in [0.717, 1.165) is 12.8 Å². The van der Waals surface area contributed by atoms with Crippen molar-refractivity contribution in [2.45, 2.75) is 19.8 Å². The van der Waals surface area contributed by atoms with Crippen molar-refractivity contribution in [3.8, 4) is 11.5 Å². The van der Waals surface area contributed by atoms with Gasteiger partial charge in [0.1, 0.15) is 11.5 Å². The highest BCUT2D eigenvalue weighted by Gasteiger charge is 2.14. The van der Waals surface area contributed by atoms with Gasteiger partial charge in [0, 0.05) is 0 Å². The quantitative estimate of drug-likeness (QED) is 0.357. The molecule has 0 radical (unpaired) electrons. The smallest absolute Gasteiger partial charge is 0.261 e. The van der Waals surface area contributed by atoms with E-state index in [9.17, 15) is 4.79 Å². The Kier molecular flexibility index (Phi) is 8.43. The molecule has 160 valence electrons. The zero-order chi connectivity index (χ0) is 21.9. The molecule has 0 aromatic heterocycles. The van der Waals surface area contributed by atoms with Crippen LogP contribution in [0.4, 0.5) is 5.69 Å². The summed E-state index contributed by atoms with van der Waals surface area (Å²) in [6.45, 7) is 2.92. The fourth-order valence-electron chi connectivity index (χ4n) is 3.06. The van der Waals surface area contributed by atoms with Crippen LogP contribution in [0.1, 0.15) is 29.3 Å². The molecule has 0 heterocycles. The predicted molar refractivity (Wildman–Crippen MR) is 128 cm³/mol. The first kappa shape index (κ1) is 22.3. The molecule has 0 unspecified atom stereocenters. The Morgan fingerprint density at radius 1 is 0.871 bits per heavy atom. The summed E-state index contributed by atoms with van der Waals surface area (Å²) in [4.78, 5) is 12.6. The molecule has 0 aliphatic rings. The van der Waals surface area contributed by atoms with Crippen LogP contribution in [0.2, 0.25) is 0 Å². The monoisotopic (exact) mass is 434 g/mol. The van der Waals surface area contributed by atoms with Gasteiger partial charge in [0.25, 0.3) is 5.91 Å². The zero-order valence-corrected chi connectivity index (χ0v) is 18.3. The first-order valence-electron chi connectivity index (χ1n) is 10.3. The van der Waals surface area contributed by atoms with Gasteiger partial charge in [-0.15, -0.1) is 0 Å². The molecular formula is C25H26N2O3S. The van der Waals surface area contributed by atoms with Crippen molar-refractivity contribution in [3.63, 3.8) is 0 Å². The number of aryl methyl sites for hydroxylation is 1. The van der Waals surface area contributed by atoms with Gasteiger partial charge >= 0.3 is 0 Å². The van der Waals surface area contributed by atoms with Crippen molar-refractivity contribution in [2.75, 3.05) is 18.5 Å². The largest absolute Gasteiger partial charge is 0.493 e. The Hall–Kier alpha value is -3.38. The van der Waals surface area contributed by atoms with Crippen molar-refractivity contribution < 1.29 is 14.3 Å². The van der Waals surface area contributed by atoms with Gasteiger partial charge in [-0.1, -0.05) is 54.6 Å². The number of thiocarbonyl (C=S) groups is 1. The third-order valence-corrected chi connectivity index (χ3v) is 4.71. The molecule has 2 N–H and O–H groups in total. The number of hydrogen-bond acceptors (Lipinski definition) is 4. The second-order valence-corrected chi connectivity index (χ2v) is 7.18. The van der Waals surface area contributed by atoms with Crippen molar-refractivity contribution in [3.05, 3.63) is 90.0 Å². The molecule has 0 saturated heterocycles. The van der Waals surface area contributed by atoms with Crippen molar-refractivity contribution in [1.29, 1.82) is 0 Å². The Morgan fingerprint density at radius 2 is 1.55 bits per heavy atom. The number of para-hydroxylation sites is 3. The Bertz CT molecular complexity index is 1010. The second kappa shape index (κ2) is 11.7. The highest BCUT2D eigenvalue weighted by molar-refractivity contribution is 7.80. The van der Waals surface area contributed by atoms with Crippen LogP contribution >= 0.6 is 12.2 Å². The number of anilines is 1. The number of benzene rings is 3. The Labute approximate surface area is 188 Å². The maximum Gasteiger partial charge on any atom is 0.261 e. The summed E-state index contributed by atoms with van der Waals surface area (Å²) in [5.74, 6) is 0.872. The van der Waals surface area contributed by atoms with Gasteiger partial charge in [-0.2, -0.15) is 0 Å². The van der Waals surface area contributed by atoms with E-state index in [-0.39, 0.29) is 11.0 Å². The van der Waals surface area contributed by atoms with Crippen LogP contribution in [-0.2, 0) is 6.42 Å². The molecule has 31 heavy (non-hydrogen) atoms. The first-order valence-corrected chi connectivity index (χ1v) is 10.7. The van der Waals surface area contributed by atoms with E-state index in [0.29, 0.717) is 36.0 Å². The van der Waals surface area contributed by atoms with E-state index in [1.165, 1.54) is 5.56 Å². The normalized spacial score (nSPS) is 10.2. The lowest BCUT2D eigenvalue weighted by atomic mass is 10.1. The average Bonchev–Trinajstić information content (AvgIpc) is 2.79. The van der Waals surface area contributed by atoms with Gasteiger partial charge in [-0.25, -0.2) is 0 Å². The molecule has 3 rings (SSSR count). The summed E-state index contributed by atoms with van der Waals surface area (Å²) in [5, 5.41) is 5.95. The minimum absolute atomic E-state index is 0.191. The fraction of sp³-hybridized carbons (Fsp3) is 0.200. The third kappa shape index (κ3) is 6.83. The van der Waals surface area contributed by atoms with E-state index in [2.05, 4.69) is 22.8 Å². The van der Waals surface area contributed by atoms with E-state index >= 15 is 0 Å². The van der Waals surface area contributed by atoms with Gasteiger partial charge in [0.2, 0.25) is 0 Å². The van der Waals surface area contributed by atoms with Crippen molar-refractivity contribution >= 4 is 28.9 Å². The molecule has 0 fully saturated rings. The minimum atomic E-state index is -0.331. The van der Waals surface area contributed by atoms with Gasteiger partial charge in [0.05, 0.1) is 24.5 Å². The molecule has 1 amide bonds. The van der Waals surface area contributed by atoms with Gasteiger partial charge in [-0.05, 0) is 61.8 Å². The fourth-order valence-corrected chi connectivity index (χ4v) is 3.26. The summed E-state index contributed by atoms with van der Waals surface area (Å²) < 4.78 is 11.5. The molecule has 0 saturated carbocycles. The van der Waals surface area contributed by atoms with Crippen LogP contribution in [0.25, 0.3) is 0 Å². The van der Waals surface area contributed by atoms with Crippen LogP contribution in [-0.4, -0.2) is 24.2 Å². The molecule has 0 aliphatic carbocycles. The predicted octanol–water partition coefficient (Wildman–Crippen LogP) is 5.22. The number of carbonyl (C=O) groups is 1. The molecule has 5 nitrogen and oxygen atoms in total. The molecule has 6 heteroatoms. The van der Waals surface area contributed by atoms with Gasteiger partial charge in [-0.3, -0.25) is 10.1 Å². The van der Waals surface area contributed by atoms with Crippen molar-refractivity contribution in [1.82, 2.24) is 5.32 Å². The number of hydrogen-bond donors (Lipinski definition) is 2. The van der Waals surface area contributed by atoms with Gasteiger partial charge in [0.15, 0.2) is 5.11 Å². The van der Waals surface area contributed by atoms with Crippen LogP contribution in [0, 0.1) is 0 Å². The van der Waals surface area contributed by atoms with Gasteiger partial charge < -0.3 is 14.8 Å². The van der Waals surface area contributed by atoms with Crippen LogP contribution in [0.15, 0.2) is 78.9 Å². The lowest BCUT2D eigenvalue weighted by Gasteiger charge is -2.15. The zero-order valence-electron chi connectivity index (χ0n) is 17.5. The lowest BCUT2D eigenvalue weighted by molar-refractivity contribution is 0.0974. The highest BCUT2D eigenvalue weighted by atomic mass is 32.1. The molecule has 0 atom stereocenters. The van der Waals surface area contributed by atoms with E-state index < -0.39 is 0 Å². The molecular weight excluding hydrogens is 408 g/mol. The number of rotatable bonds is 9. The summed E-state index contributed by atoms with van der Waals surface area (Å²) in [6, 6.07) is 24.9. The number of nitrogens with one attached hydrogen (secondary N) is 2. The van der Waals surface area contributed by atoms with E-state index in [1.54, 1.807) is 18.2 Å². The maximum atomic E-state index is 12.6. The molecule has 3 aromatic carbocycles. The topological polar surface area (TPSA) is 59.6 Å². The third-order valence-electron chi connectivity index (χ3n) is 4.50. The molecule has 3 aromatic rings. The average molecular weight is 435 g/mol. The maximum absolute atomic E-state index is 12.6. The van der Waals surface area contributed by atoms with Crippen LogP contribution < -0.4 is 20.1 Å². The second-order valence-electron chi connectivity index (χ2n) is 6.77. The van der Waals surface area contributed by atoms with Crippen molar-refractivity contribution in [2.24, 2.45) is 0 Å². The minimum Gasteiger partial charge on any atom is -0.493 e. The number of amides is 1. The summed E-state index contributed by atoms with van der Waals surface area (Å²) >= 11 is 5.34. The Balaban J connectivity index is 1.55. The van der Waals surface area contributed by atoms with E-state index in [1.807, 2.05) is 55.5 Å². The SMILES string of the molecule is CCOc1ccccc1C(=O)NC(=S)Nc1ccccc1OCCCc1ccccc1. The van der Waals surface area contributed by atoms with Crippen LogP contribution in [0.3, 0.4) is 0 Å². The highest BCUT2D eigenvalue weighted by Crippen LogP contribution is 2.24. The number of ether oxygens (including phenoxy) is 2. The summed E-state index contributed by atoms with van der Waals surface area (Å²) in [6.07, 6.45) is 1.85. The van der Waals surface area contributed by atoms with Crippen LogP contribution in [0.5, 0.6) is 11.5 Å².